The van der Waals surface area contributed by atoms with Gasteiger partial charge in [-0.05, 0) is 62.9 Å². The lowest BCUT2D eigenvalue weighted by Gasteiger charge is -2.16. The Bertz CT molecular complexity index is 1280. The predicted molar refractivity (Wildman–Crippen MR) is 122 cm³/mol. The maximum Gasteiger partial charge on any atom is 0.435 e. The summed E-state index contributed by atoms with van der Waals surface area (Å²) in [5.74, 6) is -0.144. The number of anilines is 1. The molecule has 1 atom stereocenters. The van der Waals surface area contributed by atoms with Gasteiger partial charge in [0.05, 0.1) is 16.7 Å². The predicted octanol–water partition coefficient (Wildman–Crippen LogP) is 6.30. The lowest BCUT2D eigenvalue weighted by Crippen LogP contribution is -2.26. The number of aromatic nitrogens is 2. The molecule has 0 saturated heterocycles. The number of rotatable bonds is 7. The second kappa shape index (κ2) is 9.05. The average Bonchev–Trinajstić information content (AvgIpc) is 3.48. The van der Waals surface area contributed by atoms with Crippen molar-refractivity contribution >= 4 is 17.3 Å². The van der Waals surface area contributed by atoms with E-state index in [4.69, 9.17) is 4.74 Å². The van der Waals surface area contributed by atoms with E-state index in [0.717, 1.165) is 40.8 Å². The molecule has 1 amide bonds. The number of carbonyl (C=O) groups is 1. The van der Waals surface area contributed by atoms with Gasteiger partial charge in [0.15, 0.2) is 5.69 Å². The van der Waals surface area contributed by atoms with Gasteiger partial charge in [-0.3, -0.25) is 19.6 Å². The topological polar surface area (TPSA) is 99.3 Å². The second-order valence-electron chi connectivity index (χ2n) is 8.73. The third kappa shape index (κ3) is 5.61. The SMILES string of the molecule is Cc1cc(C)cc(Oc2cc(NC(=O)C(C)n3nc(C(F)(F)F)cc3C3CC3)cc([N+](=O)[O-])c2)c1. The Balaban J connectivity index is 1.60. The van der Waals surface area contributed by atoms with Crippen molar-refractivity contribution in [3.8, 4) is 11.5 Å². The molecule has 0 spiro atoms. The Morgan fingerprint density at radius 3 is 2.31 bits per heavy atom. The zero-order valence-corrected chi connectivity index (χ0v) is 19.2. The lowest BCUT2D eigenvalue weighted by atomic mass is 10.1. The van der Waals surface area contributed by atoms with Gasteiger partial charge in [0.25, 0.3) is 5.69 Å². The number of hydrogen-bond donors (Lipinski definition) is 1. The summed E-state index contributed by atoms with van der Waals surface area (Å²) in [5, 5.41) is 17.6. The molecule has 2 aromatic carbocycles. The Hall–Kier alpha value is -3.89. The van der Waals surface area contributed by atoms with Crippen molar-refractivity contribution in [1.29, 1.82) is 0 Å². The highest BCUT2D eigenvalue weighted by Crippen LogP contribution is 2.43. The molecule has 1 aromatic heterocycles. The monoisotopic (exact) mass is 488 g/mol. The van der Waals surface area contributed by atoms with Crippen LogP contribution in [0.25, 0.3) is 0 Å². The Morgan fingerprint density at radius 2 is 1.74 bits per heavy atom. The van der Waals surface area contributed by atoms with E-state index in [1.165, 1.54) is 19.1 Å². The first-order chi connectivity index (χ1) is 16.4. The maximum absolute atomic E-state index is 13.2. The number of nitro benzene ring substituents is 1. The number of nitrogens with one attached hydrogen (secondary N) is 1. The summed E-state index contributed by atoms with van der Waals surface area (Å²) in [6.07, 6.45) is -3.19. The van der Waals surface area contributed by atoms with Crippen LogP contribution >= 0.6 is 0 Å². The number of aryl methyl sites for hydroxylation is 2. The minimum Gasteiger partial charge on any atom is -0.457 e. The minimum atomic E-state index is -4.63. The number of amides is 1. The van der Waals surface area contributed by atoms with E-state index in [1.54, 1.807) is 12.1 Å². The van der Waals surface area contributed by atoms with Gasteiger partial charge in [0.1, 0.15) is 17.5 Å². The highest BCUT2D eigenvalue weighted by molar-refractivity contribution is 5.94. The molecule has 0 bridgehead atoms. The molecule has 8 nitrogen and oxygen atoms in total. The average molecular weight is 488 g/mol. The van der Waals surface area contributed by atoms with Gasteiger partial charge < -0.3 is 10.1 Å². The third-order valence-corrected chi connectivity index (χ3v) is 5.60. The summed E-state index contributed by atoms with van der Waals surface area (Å²) in [6.45, 7) is 5.20. The molecular weight excluding hydrogens is 465 g/mol. The van der Waals surface area contributed by atoms with Crippen LogP contribution in [-0.4, -0.2) is 20.6 Å². The number of halogens is 3. The van der Waals surface area contributed by atoms with Crippen molar-refractivity contribution in [2.45, 2.75) is 51.7 Å². The quantitative estimate of drug-likeness (QED) is 0.311. The fraction of sp³-hybridized carbons (Fsp3) is 0.333. The molecule has 1 aliphatic carbocycles. The molecule has 184 valence electrons. The summed E-state index contributed by atoms with van der Waals surface area (Å²) < 4.78 is 46.5. The van der Waals surface area contributed by atoms with Gasteiger partial charge in [-0.1, -0.05) is 6.07 Å². The summed E-state index contributed by atoms with van der Waals surface area (Å²) in [4.78, 5) is 23.8. The van der Waals surface area contributed by atoms with Crippen molar-refractivity contribution < 1.29 is 27.6 Å². The molecule has 1 unspecified atom stereocenters. The fourth-order valence-corrected chi connectivity index (χ4v) is 3.85. The maximum atomic E-state index is 13.2. The van der Waals surface area contributed by atoms with Gasteiger partial charge in [-0.25, -0.2) is 0 Å². The zero-order valence-electron chi connectivity index (χ0n) is 19.2. The lowest BCUT2D eigenvalue weighted by molar-refractivity contribution is -0.384. The molecule has 1 N–H and O–H groups in total. The first-order valence-corrected chi connectivity index (χ1v) is 10.9. The molecular formula is C24H23F3N4O4. The Kier molecular flexibility index (Phi) is 6.27. The number of carbonyl (C=O) groups excluding carboxylic acids is 1. The van der Waals surface area contributed by atoms with Crippen molar-refractivity contribution in [3.63, 3.8) is 0 Å². The van der Waals surface area contributed by atoms with Gasteiger partial charge in [0, 0.05) is 23.7 Å². The van der Waals surface area contributed by atoms with Gasteiger partial charge in [0.2, 0.25) is 5.91 Å². The van der Waals surface area contributed by atoms with Crippen molar-refractivity contribution in [3.05, 3.63) is 75.1 Å². The Labute approximate surface area is 198 Å². The van der Waals surface area contributed by atoms with Crippen molar-refractivity contribution in [1.82, 2.24) is 9.78 Å². The van der Waals surface area contributed by atoms with E-state index in [2.05, 4.69) is 10.4 Å². The fourth-order valence-electron chi connectivity index (χ4n) is 3.85. The van der Waals surface area contributed by atoms with Crippen LogP contribution in [-0.2, 0) is 11.0 Å². The first kappa shape index (κ1) is 24.2. The minimum absolute atomic E-state index is 0.0756. The molecule has 35 heavy (non-hydrogen) atoms. The Morgan fingerprint density at radius 1 is 1.11 bits per heavy atom. The summed E-state index contributed by atoms with van der Waals surface area (Å²) in [5.41, 5.74) is 0.934. The van der Waals surface area contributed by atoms with Crippen LogP contribution in [0, 0.1) is 24.0 Å². The summed E-state index contributed by atoms with van der Waals surface area (Å²) in [6, 6.07) is 9.18. The normalized spacial score (nSPS) is 14.5. The van der Waals surface area contributed by atoms with E-state index in [1.807, 2.05) is 19.9 Å². The second-order valence-corrected chi connectivity index (χ2v) is 8.73. The number of ether oxygens (including phenoxy) is 1. The molecule has 0 aliphatic heterocycles. The molecule has 4 rings (SSSR count). The zero-order chi connectivity index (χ0) is 25.5. The first-order valence-electron chi connectivity index (χ1n) is 10.9. The number of hydrogen-bond acceptors (Lipinski definition) is 5. The van der Waals surface area contributed by atoms with Crippen LogP contribution in [0.4, 0.5) is 24.5 Å². The third-order valence-electron chi connectivity index (χ3n) is 5.60. The van der Waals surface area contributed by atoms with E-state index in [9.17, 15) is 28.1 Å². The highest BCUT2D eigenvalue weighted by atomic mass is 19.4. The smallest absolute Gasteiger partial charge is 0.435 e. The van der Waals surface area contributed by atoms with E-state index in [0.29, 0.717) is 11.4 Å². The van der Waals surface area contributed by atoms with Crippen LogP contribution in [0.2, 0.25) is 0 Å². The van der Waals surface area contributed by atoms with Gasteiger partial charge in [-0.15, -0.1) is 0 Å². The van der Waals surface area contributed by atoms with Crippen LogP contribution in [0.15, 0.2) is 42.5 Å². The van der Waals surface area contributed by atoms with Gasteiger partial charge >= 0.3 is 6.18 Å². The van der Waals surface area contributed by atoms with Crippen molar-refractivity contribution in [2.75, 3.05) is 5.32 Å². The molecule has 11 heteroatoms. The number of alkyl halides is 3. The summed E-state index contributed by atoms with van der Waals surface area (Å²) in [7, 11) is 0. The largest absolute Gasteiger partial charge is 0.457 e. The van der Waals surface area contributed by atoms with Crippen LogP contribution in [0.1, 0.15) is 54.2 Å². The number of non-ortho nitro benzene ring substituents is 1. The van der Waals surface area contributed by atoms with Gasteiger partial charge in [-0.2, -0.15) is 18.3 Å². The van der Waals surface area contributed by atoms with Crippen LogP contribution in [0.5, 0.6) is 11.5 Å². The molecule has 1 saturated carbocycles. The summed E-state index contributed by atoms with van der Waals surface area (Å²) >= 11 is 0. The molecule has 1 heterocycles. The van der Waals surface area contributed by atoms with Crippen molar-refractivity contribution in [2.24, 2.45) is 0 Å². The number of nitro groups is 1. The molecule has 3 aromatic rings. The molecule has 0 radical (unpaired) electrons. The molecule has 1 fully saturated rings. The number of nitrogens with zero attached hydrogens (tertiary/aromatic N) is 3. The number of benzene rings is 2. The van der Waals surface area contributed by atoms with Crippen LogP contribution in [0.3, 0.4) is 0 Å². The van der Waals surface area contributed by atoms with E-state index >= 15 is 0 Å². The highest BCUT2D eigenvalue weighted by Gasteiger charge is 2.39. The van der Waals surface area contributed by atoms with E-state index < -0.39 is 28.7 Å². The van der Waals surface area contributed by atoms with Crippen LogP contribution < -0.4 is 10.1 Å². The van der Waals surface area contributed by atoms with E-state index in [-0.39, 0.29) is 23.0 Å². The standard InChI is InChI=1S/C24H23F3N4O4/c1-13-6-14(2)8-19(7-13)35-20-10-17(9-18(11-20)31(33)34)28-23(32)15(3)30-21(16-4-5-16)12-22(29-30)24(25,26)27/h6-12,15-16H,4-5H2,1-3H3,(H,28,32). The molecule has 1 aliphatic rings.